The molecule has 2 fully saturated rings. The maximum absolute atomic E-state index is 14.9. The van der Waals surface area contributed by atoms with Gasteiger partial charge in [0.25, 0.3) is 5.56 Å². The third-order valence-electron chi connectivity index (χ3n) is 7.03. The van der Waals surface area contributed by atoms with Crippen LogP contribution in [0.1, 0.15) is 31.2 Å². The first kappa shape index (κ1) is 20.6. The minimum Gasteiger partial charge on any atom is -0.340 e. The van der Waals surface area contributed by atoms with Crippen molar-refractivity contribution in [1.82, 2.24) is 10.3 Å². The summed E-state index contributed by atoms with van der Waals surface area (Å²) >= 11 is 0. The zero-order chi connectivity index (χ0) is 22.6. The summed E-state index contributed by atoms with van der Waals surface area (Å²) in [6, 6.07) is 5.65. The second kappa shape index (κ2) is 7.66. The molecule has 2 N–H and O–H groups in total. The standard InChI is InChI=1S/C24H20F3N3O2/c25-19-4-3-15-17-9-20(26)13(8-18(17)24(32)30-22(15)21(19)27)7-14(10-28)29-23(31)16-6-11-1-2-12(16)5-11/h3-4,8-9,11-12,14,16H,1-2,5-7H2,(H,29,31)(H,30,32)/t11-,12+,14+,16+/m1/s1. The normalized spacial score (nSPS) is 22.9. The second-order valence-corrected chi connectivity index (χ2v) is 8.90. The molecule has 2 aromatic carbocycles. The highest BCUT2D eigenvalue weighted by Crippen LogP contribution is 2.48. The molecule has 2 bridgehead atoms. The number of carbonyl (C=O) groups is 1. The molecule has 0 aliphatic heterocycles. The minimum absolute atomic E-state index is 0.0877. The van der Waals surface area contributed by atoms with E-state index in [0.717, 1.165) is 37.8 Å². The van der Waals surface area contributed by atoms with Crippen molar-refractivity contribution in [2.24, 2.45) is 17.8 Å². The molecule has 4 atom stereocenters. The highest BCUT2D eigenvalue weighted by atomic mass is 19.2. The molecule has 5 nitrogen and oxygen atoms in total. The van der Waals surface area contributed by atoms with Gasteiger partial charge in [-0.2, -0.15) is 5.26 Å². The number of carbonyl (C=O) groups excluding carboxylic acids is 1. The maximum atomic E-state index is 14.9. The van der Waals surface area contributed by atoms with Gasteiger partial charge >= 0.3 is 0 Å². The molecule has 32 heavy (non-hydrogen) atoms. The maximum Gasteiger partial charge on any atom is 0.256 e. The molecule has 1 aromatic heterocycles. The molecule has 8 heteroatoms. The second-order valence-electron chi connectivity index (χ2n) is 8.90. The smallest absolute Gasteiger partial charge is 0.256 e. The van der Waals surface area contributed by atoms with E-state index in [4.69, 9.17) is 0 Å². The summed E-state index contributed by atoms with van der Waals surface area (Å²) in [5.41, 5.74) is -0.940. The van der Waals surface area contributed by atoms with Gasteiger partial charge in [0.2, 0.25) is 5.91 Å². The van der Waals surface area contributed by atoms with E-state index in [2.05, 4.69) is 10.3 Å². The number of rotatable bonds is 4. The number of nitriles is 1. The zero-order valence-electron chi connectivity index (χ0n) is 17.1. The molecule has 1 amide bonds. The number of aromatic amines is 1. The van der Waals surface area contributed by atoms with Gasteiger partial charge in [-0.15, -0.1) is 0 Å². The molecule has 164 valence electrons. The number of aromatic nitrogens is 1. The summed E-state index contributed by atoms with van der Waals surface area (Å²) in [6.45, 7) is 0. The van der Waals surface area contributed by atoms with Gasteiger partial charge in [0.1, 0.15) is 11.9 Å². The summed E-state index contributed by atoms with van der Waals surface area (Å²) in [5, 5.41) is 12.7. The molecule has 5 rings (SSSR count). The van der Waals surface area contributed by atoms with Crippen LogP contribution in [0.2, 0.25) is 0 Å². The van der Waals surface area contributed by atoms with Crippen molar-refractivity contribution in [1.29, 1.82) is 5.26 Å². The Morgan fingerprint density at radius 1 is 1.12 bits per heavy atom. The van der Waals surface area contributed by atoms with E-state index < -0.39 is 29.1 Å². The van der Waals surface area contributed by atoms with Gasteiger partial charge in [-0.05, 0) is 66.3 Å². The van der Waals surface area contributed by atoms with Gasteiger partial charge in [0, 0.05) is 23.1 Å². The van der Waals surface area contributed by atoms with E-state index >= 15 is 0 Å². The Balaban J connectivity index is 1.45. The molecule has 2 aliphatic rings. The molecule has 0 spiro atoms. The van der Waals surface area contributed by atoms with Gasteiger partial charge in [-0.3, -0.25) is 9.59 Å². The van der Waals surface area contributed by atoms with Gasteiger partial charge < -0.3 is 10.3 Å². The number of hydrogen-bond acceptors (Lipinski definition) is 3. The lowest BCUT2D eigenvalue weighted by molar-refractivity contribution is -0.126. The fourth-order valence-corrected chi connectivity index (χ4v) is 5.46. The van der Waals surface area contributed by atoms with Crippen LogP contribution in [-0.4, -0.2) is 16.9 Å². The monoisotopic (exact) mass is 439 g/mol. The average molecular weight is 439 g/mol. The Morgan fingerprint density at radius 3 is 2.62 bits per heavy atom. The Morgan fingerprint density at radius 2 is 1.94 bits per heavy atom. The molecular weight excluding hydrogens is 419 g/mol. The SMILES string of the molecule is N#C[C@H](Cc1cc2c(=O)[nH]c3c(F)c(F)ccc3c2cc1F)NC(=O)[C@H]1C[C@@H]2CC[C@H]1C2. The minimum atomic E-state index is -1.21. The van der Waals surface area contributed by atoms with Crippen LogP contribution in [0.15, 0.2) is 29.1 Å². The zero-order valence-corrected chi connectivity index (χ0v) is 17.1. The van der Waals surface area contributed by atoms with E-state index in [9.17, 15) is 28.0 Å². The van der Waals surface area contributed by atoms with Crippen molar-refractivity contribution < 1.29 is 18.0 Å². The van der Waals surface area contributed by atoms with Crippen molar-refractivity contribution in [2.45, 2.75) is 38.1 Å². The number of nitrogens with zero attached hydrogens (tertiary/aromatic N) is 1. The largest absolute Gasteiger partial charge is 0.340 e. The number of benzene rings is 2. The van der Waals surface area contributed by atoms with Crippen LogP contribution >= 0.6 is 0 Å². The first-order chi connectivity index (χ1) is 15.4. The quantitative estimate of drug-likeness (QED) is 0.601. The summed E-state index contributed by atoms with van der Waals surface area (Å²) in [5.74, 6) is -2.36. The van der Waals surface area contributed by atoms with Crippen molar-refractivity contribution in [3.05, 3.63) is 57.6 Å². The number of halogens is 3. The number of pyridine rings is 1. The van der Waals surface area contributed by atoms with Crippen LogP contribution < -0.4 is 10.9 Å². The molecule has 0 radical (unpaired) electrons. The highest BCUT2D eigenvalue weighted by Gasteiger charge is 2.43. The third-order valence-corrected chi connectivity index (χ3v) is 7.03. The van der Waals surface area contributed by atoms with E-state index in [1.54, 1.807) is 0 Å². The van der Waals surface area contributed by atoms with Crippen LogP contribution in [0, 0.1) is 46.5 Å². The number of H-pyrrole nitrogens is 1. The number of amides is 1. The van der Waals surface area contributed by atoms with E-state index in [1.807, 2.05) is 6.07 Å². The van der Waals surface area contributed by atoms with Crippen LogP contribution in [0.3, 0.4) is 0 Å². The first-order valence-electron chi connectivity index (χ1n) is 10.7. The van der Waals surface area contributed by atoms with Crippen molar-refractivity contribution >= 4 is 27.6 Å². The molecule has 0 unspecified atom stereocenters. The highest BCUT2D eigenvalue weighted by molar-refractivity contribution is 6.05. The van der Waals surface area contributed by atoms with Gasteiger partial charge in [-0.25, -0.2) is 13.2 Å². The fraction of sp³-hybridized carbons (Fsp3) is 0.375. The Hall–Kier alpha value is -3.34. The van der Waals surface area contributed by atoms with Gasteiger partial charge in [0.05, 0.1) is 11.6 Å². The lowest BCUT2D eigenvalue weighted by Gasteiger charge is -2.22. The summed E-state index contributed by atoms with van der Waals surface area (Å²) in [7, 11) is 0. The summed E-state index contributed by atoms with van der Waals surface area (Å²) in [4.78, 5) is 27.5. The van der Waals surface area contributed by atoms with E-state index in [-0.39, 0.29) is 45.5 Å². The molecular formula is C24H20F3N3O2. The van der Waals surface area contributed by atoms with Crippen LogP contribution in [0.5, 0.6) is 0 Å². The lowest BCUT2D eigenvalue weighted by Crippen LogP contribution is -2.41. The molecule has 2 saturated carbocycles. The summed E-state index contributed by atoms with van der Waals surface area (Å²) in [6.07, 6.45) is 3.95. The summed E-state index contributed by atoms with van der Waals surface area (Å²) < 4.78 is 42.5. The number of nitrogens with one attached hydrogen (secondary N) is 2. The average Bonchev–Trinajstić information content (AvgIpc) is 3.41. The topological polar surface area (TPSA) is 85.8 Å². The fourth-order valence-electron chi connectivity index (χ4n) is 5.46. The Bertz CT molecular complexity index is 1360. The van der Waals surface area contributed by atoms with Crippen LogP contribution in [0.25, 0.3) is 21.7 Å². The third kappa shape index (κ3) is 3.32. The van der Waals surface area contributed by atoms with Gasteiger partial charge in [-0.1, -0.05) is 6.42 Å². The molecule has 3 aromatic rings. The first-order valence-corrected chi connectivity index (χ1v) is 10.7. The molecule has 1 heterocycles. The van der Waals surface area contributed by atoms with Crippen molar-refractivity contribution in [3.63, 3.8) is 0 Å². The molecule has 2 aliphatic carbocycles. The van der Waals surface area contributed by atoms with E-state index in [1.165, 1.54) is 12.1 Å². The van der Waals surface area contributed by atoms with Crippen molar-refractivity contribution in [2.75, 3.05) is 0 Å². The van der Waals surface area contributed by atoms with Crippen LogP contribution in [0.4, 0.5) is 13.2 Å². The molecule has 0 saturated heterocycles. The Labute approximate surface area is 181 Å². The predicted octanol–water partition coefficient (Wildman–Crippen LogP) is 4.09. The predicted molar refractivity (Wildman–Crippen MR) is 112 cm³/mol. The van der Waals surface area contributed by atoms with E-state index in [0.29, 0.717) is 11.8 Å². The van der Waals surface area contributed by atoms with Crippen LogP contribution in [-0.2, 0) is 11.2 Å². The lowest BCUT2D eigenvalue weighted by atomic mass is 9.88. The Kier molecular flexibility index (Phi) is 4.92. The van der Waals surface area contributed by atoms with Gasteiger partial charge in [0.15, 0.2) is 11.6 Å². The van der Waals surface area contributed by atoms with Crippen molar-refractivity contribution in [3.8, 4) is 6.07 Å². The number of fused-ring (bicyclic) bond motifs is 5. The number of hydrogen-bond donors (Lipinski definition) is 2.